The Morgan fingerprint density at radius 1 is 1.09 bits per heavy atom. The third-order valence-corrected chi connectivity index (χ3v) is 20.0. The standard InChI is InChI=1S/C28H41NO3SeSi/c1-15(2)34(16(3)4,17(5)6)32-28-21-13-27(28,33-19-11-9-8-10-12-19)26(30)29-24(21)25-22-20(14-31-25)18(7)23(22)28/h8-12,15-18,20-25H,13-14H2,1-7H3,(H,29,30)/t18-,20-,21?,22-,23+,24?,25-,27+,28+/m1/s1. The molecule has 9 atom stereocenters. The number of nitrogens with one attached hydrogen (secondary N) is 1. The van der Waals surface area contributed by atoms with Gasteiger partial charge in [-0.2, -0.15) is 0 Å². The molecule has 2 saturated heterocycles. The third-order valence-electron chi connectivity index (χ3n) is 10.7. The molecule has 34 heavy (non-hydrogen) atoms. The van der Waals surface area contributed by atoms with Crippen LogP contribution in [-0.2, 0) is 14.0 Å². The number of carbonyl (C=O) groups excluding carboxylic acids is 1. The molecule has 1 N–H and O–H groups in total. The van der Waals surface area contributed by atoms with Gasteiger partial charge in [0, 0.05) is 0 Å². The first kappa shape index (κ1) is 23.7. The minimum absolute atomic E-state index is 0.0298. The van der Waals surface area contributed by atoms with E-state index in [4.69, 9.17) is 9.16 Å². The molecule has 4 nitrogen and oxygen atoms in total. The maximum atomic E-state index is 14.2. The van der Waals surface area contributed by atoms with E-state index in [-0.39, 0.29) is 38.6 Å². The fourth-order valence-corrected chi connectivity index (χ4v) is 18.8. The summed E-state index contributed by atoms with van der Waals surface area (Å²) in [4.78, 5) is 14.2. The van der Waals surface area contributed by atoms with Gasteiger partial charge in [-0.1, -0.05) is 0 Å². The predicted octanol–water partition coefficient (Wildman–Crippen LogP) is 4.53. The number of ether oxygens (including phenoxy) is 1. The normalized spacial score (nSPS) is 44.1. The van der Waals surface area contributed by atoms with E-state index >= 15 is 0 Å². The van der Waals surface area contributed by atoms with Gasteiger partial charge in [-0.15, -0.1) is 0 Å². The van der Waals surface area contributed by atoms with Crippen molar-refractivity contribution in [3.05, 3.63) is 30.3 Å². The van der Waals surface area contributed by atoms with Gasteiger partial charge in [0.25, 0.3) is 0 Å². The molecule has 0 radical (unpaired) electrons. The summed E-state index contributed by atoms with van der Waals surface area (Å²) in [6.45, 7) is 17.6. The molecule has 0 aromatic heterocycles. The van der Waals surface area contributed by atoms with Crippen LogP contribution in [0.3, 0.4) is 0 Å². The minimum atomic E-state index is -2.21. The summed E-state index contributed by atoms with van der Waals surface area (Å²) in [5, 5.41) is 3.52. The quantitative estimate of drug-likeness (QED) is 0.511. The van der Waals surface area contributed by atoms with Crippen molar-refractivity contribution >= 4 is 33.6 Å². The van der Waals surface area contributed by atoms with Crippen molar-refractivity contribution in [1.82, 2.24) is 5.32 Å². The second-order valence-electron chi connectivity index (χ2n) is 12.7. The summed E-state index contributed by atoms with van der Waals surface area (Å²) < 4.78 is 15.3. The summed E-state index contributed by atoms with van der Waals surface area (Å²) in [5.41, 5.74) is 1.20. The van der Waals surface area contributed by atoms with Gasteiger partial charge in [0.15, 0.2) is 0 Å². The van der Waals surface area contributed by atoms with Gasteiger partial charge in [-0.3, -0.25) is 0 Å². The van der Waals surface area contributed by atoms with Crippen molar-refractivity contribution < 1.29 is 14.0 Å². The summed E-state index contributed by atoms with van der Waals surface area (Å²) in [7, 11) is -2.21. The van der Waals surface area contributed by atoms with Crippen LogP contribution >= 0.6 is 0 Å². The second-order valence-corrected chi connectivity index (χ2v) is 20.9. The van der Waals surface area contributed by atoms with Crippen LogP contribution in [0.15, 0.2) is 30.3 Å². The van der Waals surface area contributed by atoms with Gasteiger partial charge in [-0.25, -0.2) is 0 Å². The summed E-state index contributed by atoms with van der Waals surface area (Å²) in [6, 6.07) is 10.9. The fraction of sp³-hybridized carbons (Fsp3) is 0.750. The Balaban J connectivity index is 1.54. The van der Waals surface area contributed by atoms with Crippen molar-refractivity contribution in [1.29, 1.82) is 0 Å². The number of amides is 1. The topological polar surface area (TPSA) is 47.6 Å². The maximum absolute atomic E-state index is 14.2. The molecule has 2 bridgehead atoms. The Morgan fingerprint density at radius 2 is 1.74 bits per heavy atom. The number of hydrogen-bond donors (Lipinski definition) is 1. The van der Waals surface area contributed by atoms with E-state index in [1.54, 1.807) is 0 Å². The van der Waals surface area contributed by atoms with Gasteiger partial charge in [-0.05, 0) is 0 Å². The van der Waals surface area contributed by atoms with Crippen molar-refractivity contribution in [3.63, 3.8) is 0 Å². The van der Waals surface area contributed by atoms with E-state index in [0.29, 0.717) is 46.2 Å². The van der Waals surface area contributed by atoms with Crippen LogP contribution in [0.5, 0.6) is 0 Å². The molecule has 0 spiro atoms. The third kappa shape index (κ3) is 2.60. The van der Waals surface area contributed by atoms with Gasteiger partial charge in [0.05, 0.1) is 0 Å². The molecule has 3 saturated carbocycles. The molecule has 5 aliphatic rings. The van der Waals surface area contributed by atoms with Gasteiger partial charge in [0.2, 0.25) is 0 Å². The number of piperidine rings is 2. The van der Waals surface area contributed by atoms with E-state index in [0.717, 1.165) is 13.0 Å². The van der Waals surface area contributed by atoms with Crippen molar-refractivity contribution in [2.45, 2.75) is 93.6 Å². The molecule has 2 unspecified atom stereocenters. The molecule has 2 heterocycles. The zero-order valence-electron chi connectivity index (χ0n) is 21.7. The Kier molecular flexibility index (Phi) is 5.36. The number of hydrogen-bond acceptors (Lipinski definition) is 3. The number of carbonyl (C=O) groups is 1. The van der Waals surface area contributed by atoms with E-state index in [2.05, 4.69) is 84.1 Å². The van der Waals surface area contributed by atoms with Gasteiger partial charge < -0.3 is 0 Å². The van der Waals surface area contributed by atoms with Crippen LogP contribution in [0.25, 0.3) is 0 Å². The first-order chi connectivity index (χ1) is 16.1. The van der Waals surface area contributed by atoms with E-state index in [1.165, 1.54) is 4.46 Å². The van der Waals surface area contributed by atoms with E-state index in [9.17, 15) is 4.79 Å². The second kappa shape index (κ2) is 7.68. The van der Waals surface area contributed by atoms with Crippen molar-refractivity contribution in [3.8, 4) is 0 Å². The first-order valence-electron chi connectivity index (χ1n) is 13.5. The Hall–Kier alpha value is -0.654. The Bertz CT molecular complexity index is 963. The zero-order valence-corrected chi connectivity index (χ0v) is 24.4. The molecule has 6 rings (SSSR count). The average Bonchev–Trinajstić information content (AvgIpc) is 3.17. The first-order valence-corrected chi connectivity index (χ1v) is 17.3. The monoisotopic (exact) mass is 547 g/mol. The van der Waals surface area contributed by atoms with E-state index < -0.39 is 12.6 Å². The molecule has 3 aliphatic carbocycles. The fourth-order valence-electron chi connectivity index (χ4n) is 9.53. The molecule has 5 fully saturated rings. The molecule has 1 aromatic carbocycles. The molecule has 1 aromatic rings. The van der Waals surface area contributed by atoms with Crippen molar-refractivity contribution in [2.75, 3.05) is 6.61 Å². The summed E-state index contributed by atoms with van der Waals surface area (Å²) in [6.07, 6.45) is 1.16. The number of rotatable bonds is 7. The Labute approximate surface area is 212 Å². The molecular weight excluding hydrogens is 505 g/mol. The zero-order chi connectivity index (χ0) is 24.2. The van der Waals surface area contributed by atoms with Crippen LogP contribution in [0.1, 0.15) is 54.9 Å². The molecule has 6 heteroatoms. The predicted molar refractivity (Wildman–Crippen MR) is 139 cm³/mol. The van der Waals surface area contributed by atoms with Crippen LogP contribution < -0.4 is 9.78 Å². The molecule has 1 amide bonds. The van der Waals surface area contributed by atoms with Gasteiger partial charge >= 0.3 is 213 Å². The number of fused-ring (bicyclic) bond motifs is 4. The van der Waals surface area contributed by atoms with Crippen LogP contribution in [0.2, 0.25) is 20.9 Å². The summed E-state index contributed by atoms with van der Waals surface area (Å²) in [5.74, 6) is 2.82. The van der Waals surface area contributed by atoms with Crippen molar-refractivity contribution in [2.24, 2.45) is 29.6 Å². The Morgan fingerprint density at radius 3 is 2.32 bits per heavy atom. The van der Waals surface area contributed by atoms with E-state index in [1.807, 2.05) is 0 Å². The van der Waals surface area contributed by atoms with Crippen LogP contribution in [0.4, 0.5) is 0 Å². The SMILES string of the molecule is CC(C)[Si](O[C@]12C3C[C@]1([Se]c1ccccc1)C(=O)NC3[C@@H]1OC[C@@H]3[C@@H](C)[C@H]2[C@@H]31)(C(C)C)C(C)C. The van der Waals surface area contributed by atoms with Crippen LogP contribution in [0, 0.1) is 29.6 Å². The van der Waals surface area contributed by atoms with Gasteiger partial charge in [0.1, 0.15) is 0 Å². The number of benzene rings is 1. The average molecular weight is 547 g/mol. The molecule has 2 aliphatic heterocycles. The molecule has 186 valence electrons. The molecular formula is C28H41NO3SeSi. The van der Waals surface area contributed by atoms with Crippen LogP contribution in [-0.4, -0.2) is 53.5 Å². The summed E-state index contributed by atoms with van der Waals surface area (Å²) >= 11 is 0.0298.